The Morgan fingerprint density at radius 2 is 1.43 bits per heavy atom. The second-order valence-corrected chi connectivity index (χ2v) is 8.34. The smallest absolute Gasteiger partial charge is 0.808 e. The van der Waals surface area contributed by atoms with Gasteiger partial charge in [0.15, 0.2) is 0 Å². The molecule has 0 bridgehead atoms. The van der Waals surface area contributed by atoms with E-state index in [1.54, 1.807) is 6.92 Å². The SMILES string of the molecule is CCCCC(C)NCCC(O)(P(=O)([O-])[O-])P(=O)([O-])[O-].[Na+].[Na+].[Na+].[Na+]. The molecular formula is C9H19NNa4O7P2. The van der Waals surface area contributed by atoms with E-state index < -0.39 is 26.7 Å². The first-order valence-corrected chi connectivity index (χ1v) is 9.04. The van der Waals surface area contributed by atoms with Crippen LogP contribution in [0.2, 0.25) is 0 Å². The topological polar surface area (TPSA) is 159 Å². The normalized spacial score (nSPS) is 12.8. The minimum Gasteiger partial charge on any atom is -0.808 e. The maximum Gasteiger partial charge on any atom is 1.00 e. The minimum absolute atomic E-state index is 0. The third-order valence-corrected chi connectivity index (χ3v) is 6.49. The third-order valence-electron chi connectivity index (χ3n) is 2.82. The molecule has 0 saturated heterocycles. The quantitative estimate of drug-likeness (QED) is 0.282. The van der Waals surface area contributed by atoms with Crippen molar-refractivity contribution in [1.82, 2.24) is 5.32 Å². The molecule has 0 rings (SSSR count). The monoisotopic (exact) mass is 407 g/mol. The molecule has 14 heteroatoms. The fraction of sp³-hybridized carbons (Fsp3) is 1.00. The average Bonchev–Trinajstić information content (AvgIpc) is 2.22. The van der Waals surface area contributed by atoms with Crippen LogP contribution in [0, 0.1) is 0 Å². The standard InChI is InChI=1S/C9H23NO7P2.4Na/c1-3-4-5-8(2)10-7-6-9(11,18(12,13)14)19(15,16)17;;;;/h8,10-11H,3-7H2,1-2H3,(H2,12,13,14)(H2,15,16,17);;;;/q;4*+1/p-4. The van der Waals surface area contributed by atoms with Crippen molar-refractivity contribution in [2.75, 3.05) is 6.54 Å². The molecule has 1 unspecified atom stereocenters. The summed E-state index contributed by atoms with van der Waals surface area (Å²) in [6, 6.07) is -0.0421. The molecule has 0 saturated carbocycles. The Labute approximate surface area is 226 Å². The zero-order chi connectivity index (χ0) is 15.3. The van der Waals surface area contributed by atoms with Crippen molar-refractivity contribution in [2.45, 2.75) is 50.7 Å². The molecule has 0 aromatic carbocycles. The van der Waals surface area contributed by atoms with E-state index in [2.05, 4.69) is 5.32 Å². The van der Waals surface area contributed by atoms with Crippen molar-refractivity contribution in [2.24, 2.45) is 0 Å². The van der Waals surface area contributed by atoms with Crippen LogP contribution in [0.4, 0.5) is 0 Å². The predicted octanol–water partition coefficient (Wildman–Crippen LogP) is -14.0. The summed E-state index contributed by atoms with van der Waals surface area (Å²) in [5.74, 6) is 0. The fourth-order valence-electron chi connectivity index (χ4n) is 1.52. The van der Waals surface area contributed by atoms with Gasteiger partial charge in [0, 0.05) is 6.04 Å². The van der Waals surface area contributed by atoms with Crippen molar-refractivity contribution in [3.8, 4) is 0 Å². The average molecular weight is 407 g/mol. The molecule has 116 valence electrons. The van der Waals surface area contributed by atoms with E-state index in [1.165, 1.54) is 0 Å². The number of unbranched alkanes of at least 4 members (excludes halogenated alkanes) is 1. The van der Waals surface area contributed by atoms with Gasteiger partial charge in [-0.1, -0.05) is 19.8 Å². The predicted molar refractivity (Wildman–Crippen MR) is 61.8 cm³/mol. The van der Waals surface area contributed by atoms with Crippen LogP contribution < -0.4 is 143 Å². The van der Waals surface area contributed by atoms with E-state index in [9.17, 15) is 33.8 Å². The van der Waals surface area contributed by atoms with Gasteiger partial charge in [-0.05, 0) is 41.5 Å². The van der Waals surface area contributed by atoms with Gasteiger partial charge in [0.25, 0.3) is 0 Å². The molecule has 0 radical (unpaired) electrons. The van der Waals surface area contributed by atoms with Crippen LogP contribution in [-0.2, 0) is 9.13 Å². The summed E-state index contributed by atoms with van der Waals surface area (Å²) >= 11 is 0. The number of hydrogen-bond donors (Lipinski definition) is 2. The minimum atomic E-state index is -5.96. The molecule has 0 amide bonds. The molecule has 0 heterocycles. The van der Waals surface area contributed by atoms with Crippen LogP contribution in [0.1, 0.15) is 39.5 Å². The van der Waals surface area contributed by atoms with E-state index in [4.69, 9.17) is 0 Å². The van der Waals surface area contributed by atoms with Gasteiger partial charge in [-0.3, -0.25) is 0 Å². The largest absolute Gasteiger partial charge is 1.00 e. The van der Waals surface area contributed by atoms with Crippen molar-refractivity contribution in [1.29, 1.82) is 0 Å². The van der Waals surface area contributed by atoms with Crippen molar-refractivity contribution >= 4 is 15.2 Å². The summed E-state index contributed by atoms with van der Waals surface area (Å²) in [6.45, 7) is 3.52. The number of nitrogens with one attached hydrogen (secondary N) is 1. The van der Waals surface area contributed by atoms with Crippen molar-refractivity contribution in [3.05, 3.63) is 0 Å². The molecule has 8 nitrogen and oxygen atoms in total. The summed E-state index contributed by atoms with van der Waals surface area (Å²) in [5, 5.41) is 8.35. The number of aliphatic hydroxyl groups is 1. The summed E-state index contributed by atoms with van der Waals surface area (Å²) in [7, 11) is -11.9. The van der Waals surface area contributed by atoms with Gasteiger partial charge in [-0.25, -0.2) is 0 Å². The molecule has 0 fully saturated rings. The molecule has 0 aliphatic rings. The zero-order valence-electron chi connectivity index (χ0n) is 14.9. The van der Waals surface area contributed by atoms with Crippen LogP contribution in [-0.4, -0.2) is 22.8 Å². The van der Waals surface area contributed by atoms with Crippen LogP contribution in [0.3, 0.4) is 0 Å². The maximum atomic E-state index is 10.8. The van der Waals surface area contributed by atoms with E-state index >= 15 is 0 Å². The van der Waals surface area contributed by atoms with Gasteiger partial charge in [-0.2, -0.15) is 0 Å². The molecule has 2 N–H and O–H groups in total. The number of rotatable bonds is 9. The molecule has 0 spiro atoms. The van der Waals surface area contributed by atoms with Gasteiger partial charge in [-0.15, -0.1) is 0 Å². The molecule has 23 heavy (non-hydrogen) atoms. The first-order valence-electron chi connectivity index (χ1n) is 5.95. The van der Waals surface area contributed by atoms with Crippen LogP contribution in [0.25, 0.3) is 0 Å². The van der Waals surface area contributed by atoms with Gasteiger partial charge in [0.2, 0.25) is 0 Å². The summed E-state index contributed by atoms with van der Waals surface area (Å²) < 4.78 is 21.5. The fourth-order valence-corrected chi connectivity index (χ4v) is 3.49. The van der Waals surface area contributed by atoms with Gasteiger partial charge >= 0.3 is 118 Å². The Morgan fingerprint density at radius 1 is 1.04 bits per heavy atom. The van der Waals surface area contributed by atoms with E-state index in [0.717, 1.165) is 19.3 Å². The van der Waals surface area contributed by atoms with E-state index in [-0.39, 0.29) is 131 Å². The van der Waals surface area contributed by atoms with E-state index in [0.29, 0.717) is 0 Å². The van der Waals surface area contributed by atoms with Gasteiger partial charge < -0.3 is 39.1 Å². The molecule has 0 aromatic rings. The summed E-state index contributed by atoms with van der Waals surface area (Å²) in [4.78, 5) is 43.1. The Balaban J connectivity index is -0.000000270. The van der Waals surface area contributed by atoms with Crippen molar-refractivity contribution in [3.63, 3.8) is 0 Å². The van der Waals surface area contributed by atoms with Crippen molar-refractivity contribution < 1.29 is 152 Å². The molecule has 1 atom stereocenters. The second kappa shape index (κ2) is 17.1. The molecule has 0 aliphatic carbocycles. The van der Waals surface area contributed by atoms with Gasteiger partial charge in [0.1, 0.15) is 5.08 Å². The van der Waals surface area contributed by atoms with Crippen LogP contribution in [0.5, 0.6) is 0 Å². The Bertz CT molecular complexity index is 357. The first-order chi connectivity index (χ1) is 8.45. The summed E-state index contributed by atoms with van der Waals surface area (Å²) in [5.41, 5.74) is 0. The van der Waals surface area contributed by atoms with Gasteiger partial charge in [0.05, 0.1) is 0 Å². The first kappa shape index (κ1) is 37.9. The Morgan fingerprint density at radius 3 is 1.74 bits per heavy atom. The number of hydrogen-bond acceptors (Lipinski definition) is 8. The van der Waals surface area contributed by atoms with Crippen LogP contribution >= 0.6 is 15.2 Å². The Kier molecular flexibility index (Phi) is 28.2. The second-order valence-electron chi connectivity index (χ2n) is 4.52. The maximum absolute atomic E-state index is 10.8. The zero-order valence-corrected chi connectivity index (χ0v) is 24.7. The molecule has 0 aromatic heterocycles. The third kappa shape index (κ3) is 13.9. The Hall–Kier alpha value is 4.22. The molecular weight excluding hydrogens is 388 g/mol. The van der Waals surface area contributed by atoms with Crippen LogP contribution in [0.15, 0.2) is 0 Å². The molecule has 0 aliphatic heterocycles. The van der Waals surface area contributed by atoms with E-state index in [1.807, 2.05) is 6.92 Å². The summed E-state index contributed by atoms with van der Waals surface area (Å²) in [6.07, 6.45) is 1.68.